The van der Waals surface area contributed by atoms with Gasteiger partial charge in [-0.2, -0.15) is 0 Å². The van der Waals surface area contributed by atoms with Gasteiger partial charge < -0.3 is 14.4 Å². The van der Waals surface area contributed by atoms with Crippen molar-refractivity contribution < 1.29 is 19.1 Å². The summed E-state index contributed by atoms with van der Waals surface area (Å²) in [6, 6.07) is 15.0. The van der Waals surface area contributed by atoms with Crippen LogP contribution in [0.5, 0.6) is 0 Å². The van der Waals surface area contributed by atoms with Gasteiger partial charge >= 0.3 is 11.9 Å². The summed E-state index contributed by atoms with van der Waals surface area (Å²) in [4.78, 5) is 27.6. The molecule has 2 rings (SSSR count). The lowest BCUT2D eigenvalue weighted by atomic mass is 9.87. The first kappa shape index (κ1) is 27.6. The topological polar surface area (TPSA) is 55.8 Å². The van der Waals surface area contributed by atoms with Crippen molar-refractivity contribution in [3.63, 3.8) is 0 Å². The predicted molar refractivity (Wildman–Crippen MR) is 138 cm³/mol. The summed E-state index contributed by atoms with van der Waals surface area (Å²) in [6.07, 6.45) is -0.563. The fourth-order valence-electron chi connectivity index (χ4n) is 3.58. The summed E-state index contributed by atoms with van der Waals surface area (Å²) in [5.74, 6) is -0.834. The molecular weight excluding hydrogens is 426 g/mol. The molecule has 0 heterocycles. The van der Waals surface area contributed by atoms with E-state index in [-0.39, 0.29) is 17.4 Å². The van der Waals surface area contributed by atoms with Crippen molar-refractivity contribution in [3.8, 4) is 0 Å². The molecule has 1 atom stereocenters. The maximum absolute atomic E-state index is 12.8. The Morgan fingerprint density at radius 1 is 0.735 bits per heavy atom. The van der Waals surface area contributed by atoms with Gasteiger partial charge in [0, 0.05) is 6.54 Å². The van der Waals surface area contributed by atoms with E-state index < -0.39 is 18.0 Å². The molecule has 1 unspecified atom stereocenters. The largest absolute Gasteiger partial charge is 0.458 e. The van der Waals surface area contributed by atoms with Crippen molar-refractivity contribution in [2.24, 2.45) is 0 Å². The molecule has 0 radical (unpaired) electrons. The number of benzene rings is 2. The molecule has 5 heteroatoms. The van der Waals surface area contributed by atoms with Crippen LogP contribution in [0, 0.1) is 0 Å². The SMILES string of the molecule is CCN(CC)CC(COC(=O)c1ccc(C(C)(C)C)cc1)OC(=O)c1ccc(C(C)(C)C)cc1. The van der Waals surface area contributed by atoms with Gasteiger partial charge in [0.05, 0.1) is 11.1 Å². The Kier molecular flexibility index (Phi) is 9.45. The van der Waals surface area contributed by atoms with Gasteiger partial charge in [0.2, 0.25) is 0 Å². The second-order valence-electron chi connectivity index (χ2n) is 10.8. The predicted octanol–water partition coefficient (Wildman–Crippen LogP) is 6.01. The minimum absolute atomic E-state index is 0.00215. The summed E-state index contributed by atoms with van der Waals surface area (Å²) in [5, 5.41) is 0. The van der Waals surface area contributed by atoms with Gasteiger partial charge in [-0.25, -0.2) is 9.59 Å². The molecule has 5 nitrogen and oxygen atoms in total. The summed E-state index contributed by atoms with van der Waals surface area (Å²) < 4.78 is 11.4. The van der Waals surface area contributed by atoms with E-state index in [9.17, 15) is 9.59 Å². The molecule has 0 aliphatic rings. The number of ether oxygens (including phenoxy) is 2. The van der Waals surface area contributed by atoms with Crippen LogP contribution in [0.2, 0.25) is 0 Å². The lowest BCUT2D eigenvalue weighted by molar-refractivity contribution is -0.00981. The Hall–Kier alpha value is -2.66. The lowest BCUT2D eigenvalue weighted by Crippen LogP contribution is -2.38. The number of rotatable bonds is 9. The minimum atomic E-state index is -0.563. The zero-order valence-electron chi connectivity index (χ0n) is 22.1. The van der Waals surface area contributed by atoms with Gasteiger partial charge in [0.15, 0.2) is 0 Å². The summed E-state index contributed by atoms with van der Waals surface area (Å²) in [5.41, 5.74) is 3.29. The van der Waals surface area contributed by atoms with Crippen molar-refractivity contribution in [1.82, 2.24) is 4.90 Å². The molecule has 2 aromatic rings. The van der Waals surface area contributed by atoms with Crippen molar-refractivity contribution in [2.75, 3.05) is 26.2 Å². The van der Waals surface area contributed by atoms with E-state index in [1.165, 1.54) is 0 Å². The van der Waals surface area contributed by atoms with E-state index in [4.69, 9.17) is 9.47 Å². The normalized spacial score (nSPS) is 13.0. The molecule has 0 amide bonds. The molecule has 0 saturated heterocycles. The summed E-state index contributed by atoms with van der Waals surface area (Å²) in [7, 11) is 0. The van der Waals surface area contributed by atoms with Gasteiger partial charge in [-0.1, -0.05) is 79.7 Å². The first-order chi connectivity index (χ1) is 15.8. The van der Waals surface area contributed by atoms with Gasteiger partial charge in [-0.3, -0.25) is 0 Å². The van der Waals surface area contributed by atoms with E-state index in [0.717, 1.165) is 24.2 Å². The Bertz CT molecular complexity index is 930. The molecule has 0 saturated carbocycles. The van der Waals surface area contributed by atoms with Crippen LogP contribution in [-0.2, 0) is 20.3 Å². The number of esters is 2. The number of carbonyl (C=O) groups is 2. The van der Waals surface area contributed by atoms with Gasteiger partial charge in [-0.15, -0.1) is 0 Å². The molecule has 0 aromatic heterocycles. The van der Waals surface area contributed by atoms with Crippen molar-refractivity contribution in [2.45, 2.75) is 72.3 Å². The highest BCUT2D eigenvalue weighted by Gasteiger charge is 2.22. The third kappa shape index (κ3) is 7.98. The average molecular weight is 468 g/mol. The van der Waals surface area contributed by atoms with E-state index in [2.05, 4.69) is 60.3 Å². The fourth-order valence-corrected chi connectivity index (χ4v) is 3.58. The van der Waals surface area contributed by atoms with Crippen LogP contribution in [0.1, 0.15) is 87.2 Å². The fraction of sp³-hybridized carbons (Fsp3) is 0.517. The molecule has 0 spiro atoms. The van der Waals surface area contributed by atoms with Gasteiger partial charge in [-0.05, 0) is 59.3 Å². The minimum Gasteiger partial charge on any atom is -0.458 e. The zero-order valence-corrected chi connectivity index (χ0v) is 22.1. The maximum Gasteiger partial charge on any atom is 0.338 e. The molecule has 0 bridgehead atoms. The monoisotopic (exact) mass is 467 g/mol. The number of hydrogen-bond donors (Lipinski definition) is 0. The molecule has 0 aliphatic heterocycles. The third-order valence-corrected chi connectivity index (χ3v) is 6.00. The van der Waals surface area contributed by atoms with Crippen molar-refractivity contribution >= 4 is 11.9 Å². The van der Waals surface area contributed by atoms with E-state index in [1.54, 1.807) is 24.3 Å². The van der Waals surface area contributed by atoms with E-state index in [0.29, 0.717) is 17.7 Å². The van der Waals surface area contributed by atoms with Crippen molar-refractivity contribution in [3.05, 3.63) is 70.8 Å². The summed E-state index contributed by atoms with van der Waals surface area (Å²) >= 11 is 0. The van der Waals surface area contributed by atoms with Gasteiger partial charge in [0.25, 0.3) is 0 Å². The van der Waals surface area contributed by atoms with Crippen LogP contribution in [0.4, 0.5) is 0 Å². The molecule has 2 aromatic carbocycles. The van der Waals surface area contributed by atoms with Crippen LogP contribution in [0.25, 0.3) is 0 Å². The Balaban J connectivity index is 2.08. The van der Waals surface area contributed by atoms with Crippen LogP contribution < -0.4 is 0 Å². The van der Waals surface area contributed by atoms with Crippen LogP contribution in [-0.4, -0.2) is 49.2 Å². The van der Waals surface area contributed by atoms with Gasteiger partial charge in [0.1, 0.15) is 12.7 Å². The van der Waals surface area contributed by atoms with E-state index >= 15 is 0 Å². The molecule has 0 fully saturated rings. The number of nitrogens with zero attached hydrogens (tertiary/aromatic N) is 1. The smallest absolute Gasteiger partial charge is 0.338 e. The maximum atomic E-state index is 12.8. The van der Waals surface area contributed by atoms with Crippen LogP contribution in [0.15, 0.2) is 48.5 Å². The number of hydrogen-bond acceptors (Lipinski definition) is 5. The molecule has 0 aliphatic carbocycles. The number of carbonyl (C=O) groups excluding carboxylic acids is 2. The van der Waals surface area contributed by atoms with Crippen molar-refractivity contribution in [1.29, 1.82) is 0 Å². The highest BCUT2D eigenvalue weighted by Crippen LogP contribution is 2.23. The second kappa shape index (κ2) is 11.7. The van der Waals surface area contributed by atoms with Crippen LogP contribution in [0.3, 0.4) is 0 Å². The third-order valence-electron chi connectivity index (χ3n) is 6.00. The number of likely N-dealkylation sites (N-methyl/N-ethyl adjacent to an activating group) is 1. The lowest BCUT2D eigenvalue weighted by Gasteiger charge is -2.25. The second-order valence-corrected chi connectivity index (χ2v) is 10.8. The van der Waals surface area contributed by atoms with E-state index in [1.807, 2.05) is 24.3 Å². The Morgan fingerprint density at radius 3 is 1.53 bits per heavy atom. The molecule has 34 heavy (non-hydrogen) atoms. The average Bonchev–Trinajstić information content (AvgIpc) is 2.79. The first-order valence-electron chi connectivity index (χ1n) is 12.2. The Labute approximate surface area is 205 Å². The highest BCUT2D eigenvalue weighted by molar-refractivity contribution is 5.90. The molecular formula is C29H41NO4. The van der Waals surface area contributed by atoms with Crippen LogP contribution >= 0.6 is 0 Å². The molecule has 0 N–H and O–H groups in total. The molecule has 186 valence electrons. The summed E-state index contributed by atoms with van der Waals surface area (Å²) in [6.45, 7) is 19.0. The zero-order chi connectivity index (χ0) is 25.5. The Morgan fingerprint density at radius 2 is 1.15 bits per heavy atom. The standard InChI is InChI=1S/C29H41NO4/c1-9-30(10-2)19-25(34-27(32)22-13-17-24(18-14-22)29(6,7)8)20-33-26(31)21-11-15-23(16-12-21)28(3,4)5/h11-18,25H,9-10,19-20H2,1-8H3. The quantitative estimate of drug-likeness (QED) is 0.423. The first-order valence-corrected chi connectivity index (χ1v) is 12.2. The highest BCUT2D eigenvalue weighted by atomic mass is 16.6.